The highest BCUT2D eigenvalue weighted by Crippen LogP contribution is 2.33. The van der Waals surface area contributed by atoms with E-state index in [0.29, 0.717) is 17.9 Å². The van der Waals surface area contributed by atoms with E-state index in [2.05, 4.69) is 56.2 Å². The number of nitrogens with zero attached hydrogens (tertiary/aromatic N) is 6. The van der Waals surface area contributed by atoms with Crippen molar-refractivity contribution >= 4 is 27.5 Å². The molecule has 0 fully saturated rings. The molecule has 5 rings (SSSR count). The second-order valence-electron chi connectivity index (χ2n) is 7.35. The Kier molecular flexibility index (Phi) is 4.24. The van der Waals surface area contributed by atoms with Crippen LogP contribution in [0.5, 0.6) is 0 Å². The van der Waals surface area contributed by atoms with Gasteiger partial charge in [-0.15, -0.1) is 0 Å². The van der Waals surface area contributed by atoms with Crippen LogP contribution in [-0.2, 0) is 13.5 Å². The lowest BCUT2D eigenvalue weighted by Gasteiger charge is -2.35. The molecule has 0 saturated carbocycles. The molecule has 0 aliphatic carbocycles. The van der Waals surface area contributed by atoms with Crippen LogP contribution in [0.3, 0.4) is 0 Å². The largest absolute Gasteiger partial charge is 0.330 e. The van der Waals surface area contributed by atoms with E-state index >= 15 is 0 Å². The fraction of sp³-hybridized carbons (Fsp3) is 0.238. The van der Waals surface area contributed by atoms with Gasteiger partial charge in [-0.25, -0.2) is 9.50 Å². The molecule has 1 aromatic carbocycles. The van der Waals surface area contributed by atoms with Crippen molar-refractivity contribution in [3.8, 4) is 11.1 Å². The summed E-state index contributed by atoms with van der Waals surface area (Å²) in [5.41, 5.74) is 5.79. The van der Waals surface area contributed by atoms with Gasteiger partial charge in [0.2, 0.25) is 0 Å². The molecule has 0 radical (unpaired) electrons. The standard InChI is InChI=1S/C21H19BrN6O/c1-13-18-4-3-14(16-9-24-26(2)11-16)7-15(18)5-6-27(13)21(29)19-8-20-23-10-17(22)12-28(20)25-19/h3-4,7-13H,5-6H2,1-2H3. The second-order valence-corrected chi connectivity index (χ2v) is 8.26. The van der Waals surface area contributed by atoms with Crippen LogP contribution >= 0.6 is 15.9 Å². The molecule has 0 N–H and O–H groups in total. The molecule has 4 aromatic rings. The predicted molar refractivity (Wildman–Crippen MR) is 112 cm³/mol. The minimum atomic E-state index is -0.0684. The average Bonchev–Trinajstić information content (AvgIpc) is 3.33. The van der Waals surface area contributed by atoms with Crippen LogP contribution in [0.1, 0.15) is 34.6 Å². The molecule has 7 nitrogen and oxygen atoms in total. The minimum absolute atomic E-state index is 0.0151. The van der Waals surface area contributed by atoms with Gasteiger partial charge in [0.15, 0.2) is 11.3 Å². The quantitative estimate of drug-likeness (QED) is 0.467. The molecule has 4 heterocycles. The van der Waals surface area contributed by atoms with E-state index in [1.165, 1.54) is 11.1 Å². The number of fused-ring (bicyclic) bond motifs is 2. The van der Waals surface area contributed by atoms with Gasteiger partial charge in [-0.1, -0.05) is 18.2 Å². The van der Waals surface area contributed by atoms with Crippen LogP contribution in [0.2, 0.25) is 0 Å². The molecule has 1 aliphatic rings. The van der Waals surface area contributed by atoms with Crippen LogP contribution in [0.15, 0.2) is 53.5 Å². The summed E-state index contributed by atoms with van der Waals surface area (Å²) in [4.78, 5) is 19.4. The molecule has 0 bridgehead atoms. The molecule has 0 saturated heterocycles. The van der Waals surface area contributed by atoms with Gasteiger partial charge in [-0.2, -0.15) is 10.2 Å². The van der Waals surface area contributed by atoms with E-state index in [9.17, 15) is 4.79 Å². The van der Waals surface area contributed by atoms with Gasteiger partial charge in [-0.05, 0) is 46.0 Å². The van der Waals surface area contributed by atoms with Crippen molar-refractivity contribution in [3.05, 3.63) is 70.3 Å². The lowest BCUT2D eigenvalue weighted by atomic mass is 9.90. The Morgan fingerprint density at radius 3 is 2.83 bits per heavy atom. The van der Waals surface area contributed by atoms with E-state index in [4.69, 9.17) is 0 Å². The minimum Gasteiger partial charge on any atom is -0.330 e. The first-order valence-electron chi connectivity index (χ1n) is 9.43. The van der Waals surface area contributed by atoms with Crippen LogP contribution in [0.4, 0.5) is 0 Å². The summed E-state index contributed by atoms with van der Waals surface area (Å²) >= 11 is 3.38. The Balaban J connectivity index is 1.44. The van der Waals surface area contributed by atoms with Crippen molar-refractivity contribution in [1.82, 2.24) is 29.3 Å². The molecular weight excluding hydrogens is 432 g/mol. The Morgan fingerprint density at radius 1 is 1.17 bits per heavy atom. The fourth-order valence-corrected chi connectivity index (χ4v) is 4.26. The molecule has 0 spiro atoms. The van der Waals surface area contributed by atoms with Gasteiger partial charge >= 0.3 is 0 Å². The van der Waals surface area contributed by atoms with Crippen molar-refractivity contribution in [2.75, 3.05) is 6.54 Å². The molecule has 1 aliphatic heterocycles. The van der Waals surface area contributed by atoms with E-state index < -0.39 is 0 Å². The van der Waals surface area contributed by atoms with Crippen LogP contribution < -0.4 is 0 Å². The summed E-state index contributed by atoms with van der Waals surface area (Å²) in [6, 6.07) is 8.18. The zero-order chi connectivity index (χ0) is 20.1. The number of rotatable bonds is 2. The maximum Gasteiger partial charge on any atom is 0.274 e. The Hall–Kier alpha value is -3.00. The lowest BCUT2D eigenvalue weighted by molar-refractivity contribution is 0.0671. The third-order valence-corrected chi connectivity index (χ3v) is 5.89. The number of benzene rings is 1. The number of carbonyl (C=O) groups is 1. The second kappa shape index (κ2) is 6.81. The smallest absolute Gasteiger partial charge is 0.274 e. The number of hydrogen-bond acceptors (Lipinski definition) is 4. The SMILES string of the molecule is CC1c2ccc(-c3cnn(C)c3)cc2CCN1C(=O)c1cc2ncc(Br)cn2n1. The molecule has 1 amide bonds. The van der Waals surface area contributed by atoms with Crippen molar-refractivity contribution in [3.63, 3.8) is 0 Å². The average molecular weight is 451 g/mol. The third-order valence-electron chi connectivity index (χ3n) is 5.48. The van der Waals surface area contributed by atoms with Crippen LogP contribution in [-0.4, -0.2) is 41.7 Å². The van der Waals surface area contributed by atoms with Gasteiger partial charge in [0.1, 0.15) is 0 Å². The van der Waals surface area contributed by atoms with E-state index in [0.717, 1.165) is 22.0 Å². The first-order valence-corrected chi connectivity index (χ1v) is 10.2. The normalized spacial score (nSPS) is 16.2. The highest BCUT2D eigenvalue weighted by molar-refractivity contribution is 9.10. The van der Waals surface area contributed by atoms with Crippen molar-refractivity contribution in [2.45, 2.75) is 19.4 Å². The number of carbonyl (C=O) groups excluding carboxylic acids is 1. The molecule has 8 heteroatoms. The van der Waals surface area contributed by atoms with Gasteiger partial charge < -0.3 is 4.90 Å². The molecular formula is C21H19BrN6O. The number of amides is 1. The summed E-state index contributed by atoms with van der Waals surface area (Å²) in [5, 5.41) is 8.68. The van der Waals surface area contributed by atoms with Gasteiger partial charge in [-0.3, -0.25) is 9.48 Å². The fourth-order valence-electron chi connectivity index (χ4n) is 3.97. The van der Waals surface area contributed by atoms with Crippen LogP contribution in [0.25, 0.3) is 16.8 Å². The number of aryl methyl sites for hydroxylation is 1. The van der Waals surface area contributed by atoms with Crippen molar-refractivity contribution < 1.29 is 4.79 Å². The monoisotopic (exact) mass is 450 g/mol. The topological polar surface area (TPSA) is 68.3 Å². The highest BCUT2D eigenvalue weighted by atomic mass is 79.9. The zero-order valence-electron chi connectivity index (χ0n) is 16.1. The summed E-state index contributed by atoms with van der Waals surface area (Å²) in [6.45, 7) is 2.73. The lowest BCUT2D eigenvalue weighted by Crippen LogP contribution is -2.39. The molecule has 3 aromatic heterocycles. The predicted octanol–water partition coefficient (Wildman–Crippen LogP) is 3.65. The Bertz CT molecular complexity index is 1240. The van der Waals surface area contributed by atoms with E-state index in [1.807, 2.05) is 24.3 Å². The summed E-state index contributed by atoms with van der Waals surface area (Å²) in [5.74, 6) is -0.0684. The van der Waals surface area contributed by atoms with Gasteiger partial charge in [0.25, 0.3) is 5.91 Å². The first kappa shape index (κ1) is 18.1. The summed E-state index contributed by atoms with van der Waals surface area (Å²) in [6.07, 6.45) is 8.20. The third kappa shape index (κ3) is 3.13. The molecule has 29 heavy (non-hydrogen) atoms. The van der Waals surface area contributed by atoms with Crippen LogP contribution in [0, 0.1) is 0 Å². The Labute approximate surface area is 176 Å². The molecule has 1 atom stereocenters. The number of aromatic nitrogens is 5. The summed E-state index contributed by atoms with van der Waals surface area (Å²) in [7, 11) is 1.92. The Morgan fingerprint density at radius 2 is 2.03 bits per heavy atom. The van der Waals surface area contributed by atoms with Crippen molar-refractivity contribution in [2.24, 2.45) is 7.05 Å². The zero-order valence-corrected chi connectivity index (χ0v) is 17.7. The van der Waals surface area contributed by atoms with Gasteiger partial charge in [0, 0.05) is 43.8 Å². The summed E-state index contributed by atoms with van der Waals surface area (Å²) < 4.78 is 4.25. The van der Waals surface area contributed by atoms with E-state index in [-0.39, 0.29) is 11.9 Å². The van der Waals surface area contributed by atoms with Gasteiger partial charge in [0.05, 0.1) is 16.7 Å². The first-order chi connectivity index (χ1) is 14.0. The molecule has 1 unspecified atom stereocenters. The number of hydrogen-bond donors (Lipinski definition) is 0. The van der Waals surface area contributed by atoms with E-state index in [1.54, 1.807) is 27.7 Å². The van der Waals surface area contributed by atoms with Crippen molar-refractivity contribution in [1.29, 1.82) is 0 Å². The maximum atomic E-state index is 13.2. The molecule has 146 valence electrons. The number of halogens is 1. The maximum absolute atomic E-state index is 13.2. The highest BCUT2D eigenvalue weighted by Gasteiger charge is 2.30.